The molecule has 4 nitrogen and oxygen atoms in total. The number of aldehydes is 1. The molecule has 0 unspecified atom stereocenters. The van der Waals surface area contributed by atoms with Gasteiger partial charge in [-0.3, -0.25) is 4.79 Å². The molecular weight excluding hydrogens is 356 g/mol. The van der Waals surface area contributed by atoms with E-state index in [9.17, 15) is 4.79 Å². The monoisotopic (exact) mass is 368 g/mol. The van der Waals surface area contributed by atoms with E-state index in [0.29, 0.717) is 35.8 Å². The van der Waals surface area contributed by atoms with E-state index in [0.717, 1.165) is 15.8 Å². The Morgan fingerprint density at radius 1 is 1.43 bits per heavy atom. The van der Waals surface area contributed by atoms with E-state index in [-0.39, 0.29) is 0 Å². The summed E-state index contributed by atoms with van der Waals surface area (Å²) in [4.78, 5) is 14.8. The molecule has 0 spiro atoms. The van der Waals surface area contributed by atoms with Crippen LogP contribution in [0.15, 0.2) is 34.9 Å². The first kappa shape index (κ1) is 15.8. The number of nitrogens with one attached hydrogen (secondary N) is 1. The molecule has 110 valence electrons. The van der Waals surface area contributed by atoms with Crippen LogP contribution in [0.2, 0.25) is 5.02 Å². The van der Waals surface area contributed by atoms with Crippen LogP contribution in [0.1, 0.15) is 22.8 Å². The number of halogens is 2. The zero-order chi connectivity index (χ0) is 15.2. The highest BCUT2D eigenvalue weighted by atomic mass is 79.9. The number of rotatable bonds is 6. The lowest BCUT2D eigenvalue weighted by Gasteiger charge is -2.12. The number of pyridine rings is 1. The maximum absolute atomic E-state index is 10.7. The summed E-state index contributed by atoms with van der Waals surface area (Å²) in [6, 6.07) is 7.40. The number of anilines is 1. The van der Waals surface area contributed by atoms with Crippen molar-refractivity contribution in [2.75, 3.05) is 11.9 Å². The molecule has 0 aliphatic heterocycles. The number of aromatic nitrogens is 1. The number of carbonyl (C=O) groups is 1. The predicted octanol–water partition coefficient (Wildman–Crippen LogP) is 4.32. The fourth-order valence-electron chi connectivity index (χ4n) is 1.81. The van der Waals surface area contributed by atoms with E-state index in [1.54, 1.807) is 6.07 Å². The zero-order valence-corrected chi connectivity index (χ0v) is 13.7. The molecule has 2 rings (SSSR count). The second kappa shape index (κ2) is 7.43. The van der Waals surface area contributed by atoms with Crippen molar-refractivity contribution in [3.8, 4) is 5.75 Å². The summed E-state index contributed by atoms with van der Waals surface area (Å²) in [5, 5.41) is 3.56. The van der Waals surface area contributed by atoms with Crippen LogP contribution in [0, 0.1) is 0 Å². The third kappa shape index (κ3) is 4.19. The Morgan fingerprint density at radius 2 is 2.24 bits per heavy atom. The van der Waals surface area contributed by atoms with Crippen molar-refractivity contribution in [3.05, 3.63) is 51.1 Å². The molecule has 0 saturated carbocycles. The number of nitrogens with zero attached hydrogens (tertiary/aromatic N) is 1. The Kier molecular flexibility index (Phi) is 5.59. The second-order valence-electron chi connectivity index (χ2n) is 4.26. The smallest absolute Gasteiger partial charge is 0.151 e. The number of benzene rings is 1. The zero-order valence-electron chi connectivity index (χ0n) is 11.4. The normalized spacial score (nSPS) is 10.2. The molecule has 1 aromatic carbocycles. The number of ether oxygens (including phenoxy) is 1. The Labute approximate surface area is 136 Å². The molecule has 21 heavy (non-hydrogen) atoms. The van der Waals surface area contributed by atoms with Crippen molar-refractivity contribution < 1.29 is 9.53 Å². The van der Waals surface area contributed by atoms with E-state index < -0.39 is 0 Å². The lowest BCUT2D eigenvalue weighted by molar-refractivity contribution is 0.112. The van der Waals surface area contributed by atoms with Crippen molar-refractivity contribution in [1.82, 2.24) is 4.98 Å². The summed E-state index contributed by atoms with van der Waals surface area (Å²) in [6.45, 7) is 3.05. The molecule has 6 heteroatoms. The molecule has 0 saturated heterocycles. The van der Waals surface area contributed by atoms with Gasteiger partial charge in [0.25, 0.3) is 0 Å². The first-order chi connectivity index (χ1) is 10.1. The minimum Gasteiger partial charge on any atom is -0.494 e. The maximum Gasteiger partial charge on any atom is 0.151 e. The van der Waals surface area contributed by atoms with Crippen LogP contribution in [0.4, 0.5) is 5.82 Å². The third-order valence-electron chi connectivity index (χ3n) is 2.77. The van der Waals surface area contributed by atoms with Crippen LogP contribution < -0.4 is 10.1 Å². The summed E-state index contributed by atoms with van der Waals surface area (Å²) < 4.78 is 6.56. The first-order valence-corrected chi connectivity index (χ1v) is 7.57. The summed E-state index contributed by atoms with van der Waals surface area (Å²) in [6.07, 6.45) is 2.19. The van der Waals surface area contributed by atoms with Gasteiger partial charge in [-0.15, -0.1) is 0 Å². The lowest BCUT2D eigenvalue weighted by Crippen LogP contribution is -2.05. The Hall–Kier alpha value is -1.59. The molecule has 0 amide bonds. The van der Waals surface area contributed by atoms with Gasteiger partial charge in [-0.25, -0.2) is 4.98 Å². The molecular formula is C15H14BrClN2O2. The molecule has 0 aliphatic carbocycles. The Bertz CT molecular complexity index is 650. The van der Waals surface area contributed by atoms with Crippen LogP contribution in [0.25, 0.3) is 0 Å². The van der Waals surface area contributed by atoms with Gasteiger partial charge in [0.1, 0.15) is 11.6 Å². The number of hydrogen-bond donors (Lipinski definition) is 1. The van der Waals surface area contributed by atoms with Gasteiger partial charge in [0.2, 0.25) is 0 Å². The molecule has 0 atom stereocenters. The highest BCUT2D eigenvalue weighted by Crippen LogP contribution is 2.26. The van der Waals surface area contributed by atoms with Gasteiger partial charge in [0, 0.05) is 28.3 Å². The van der Waals surface area contributed by atoms with Crippen LogP contribution in [0.5, 0.6) is 5.75 Å². The van der Waals surface area contributed by atoms with Gasteiger partial charge in [0.15, 0.2) is 6.29 Å². The first-order valence-electron chi connectivity index (χ1n) is 6.40. The van der Waals surface area contributed by atoms with Gasteiger partial charge in [-0.1, -0.05) is 27.5 Å². The van der Waals surface area contributed by atoms with Gasteiger partial charge < -0.3 is 10.1 Å². The lowest BCUT2D eigenvalue weighted by atomic mass is 10.2. The van der Waals surface area contributed by atoms with Gasteiger partial charge in [-0.2, -0.15) is 0 Å². The SMILES string of the molecule is CCOc1ccc(Br)cc1CNc1ncc(C=O)cc1Cl. The molecule has 0 bridgehead atoms. The average molecular weight is 370 g/mol. The third-order valence-corrected chi connectivity index (χ3v) is 3.55. The van der Waals surface area contributed by atoms with Crippen LogP contribution in [-0.4, -0.2) is 17.9 Å². The predicted molar refractivity (Wildman–Crippen MR) is 87.3 cm³/mol. The van der Waals surface area contributed by atoms with Gasteiger partial charge >= 0.3 is 0 Å². The number of carbonyl (C=O) groups excluding carboxylic acids is 1. The van der Waals surface area contributed by atoms with Crippen LogP contribution >= 0.6 is 27.5 Å². The van der Waals surface area contributed by atoms with Crippen LogP contribution in [-0.2, 0) is 6.54 Å². The van der Waals surface area contributed by atoms with Crippen molar-refractivity contribution in [2.45, 2.75) is 13.5 Å². The van der Waals surface area contributed by atoms with Crippen molar-refractivity contribution in [2.24, 2.45) is 0 Å². The second-order valence-corrected chi connectivity index (χ2v) is 5.58. The maximum atomic E-state index is 10.7. The fraction of sp³-hybridized carbons (Fsp3) is 0.200. The molecule has 0 fully saturated rings. The van der Waals surface area contributed by atoms with Gasteiger partial charge in [0.05, 0.1) is 11.6 Å². The largest absolute Gasteiger partial charge is 0.494 e. The quantitative estimate of drug-likeness (QED) is 0.770. The highest BCUT2D eigenvalue weighted by molar-refractivity contribution is 9.10. The van der Waals surface area contributed by atoms with Crippen LogP contribution in [0.3, 0.4) is 0 Å². The molecule has 2 aromatic rings. The van der Waals surface area contributed by atoms with Crippen molar-refractivity contribution >= 4 is 39.6 Å². The summed E-state index contributed by atoms with van der Waals surface area (Å²) in [5.74, 6) is 1.35. The van der Waals surface area contributed by atoms with Crippen molar-refractivity contribution in [3.63, 3.8) is 0 Å². The topological polar surface area (TPSA) is 51.2 Å². The molecule has 1 N–H and O–H groups in total. The molecule has 1 heterocycles. The highest BCUT2D eigenvalue weighted by Gasteiger charge is 2.07. The number of hydrogen-bond acceptors (Lipinski definition) is 4. The van der Waals surface area contributed by atoms with E-state index in [2.05, 4.69) is 26.2 Å². The van der Waals surface area contributed by atoms with Crippen molar-refractivity contribution in [1.29, 1.82) is 0 Å². The Balaban J connectivity index is 2.16. The van der Waals surface area contributed by atoms with E-state index in [4.69, 9.17) is 16.3 Å². The molecule has 0 radical (unpaired) electrons. The van der Waals surface area contributed by atoms with Gasteiger partial charge in [-0.05, 0) is 31.2 Å². The minimum absolute atomic E-state index is 0.410. The molecule has 1 aromatic heterocycles. The summed E-state index contributed by atoms with van der Waals surface area (Å²) in [5.41, 5.74) is 1.44. The average Bonchev–Trinajstić information content (AvgIpc) is 2.48. The fourth-order valence-corrected chi connectivity index (χ4v) is 2.46. The summed E-state index contributed by atoms with van der Waals surface area (Å²) in [7, 11) is 0. The standard InChI is InChI=1S/C15H14BrClN2O2/c1-2-21-14-4-3-12(16)6-11(14)8-19-15-13(17)5-10(9-20)7-18-15/h3-7,9H,2,8H2,1H3,(H,18,19). The van der Waals surface area contributed by atoms with E-state index >= 15 is 0 Å². The van der Waals surface area contributed by atoms with E-state index in [1.165, 1.54) is 6.20 Å². The molecule has 0 aliphatic rings. The Morgan fingerprint density at radius 3 is 2.90 bits per heavy atom. The minimum atomic E-state index is 0.410. The van der Waals surface area contributed by atoms with E-state index in [1.807, 2.05) is 25.1 Å². The summed E-state index contributed by atoms with van der Waals surface area (Å²) >= 11 is 9.53.